The molecule has 1 aliphatic heterocycles. The van der Waals surface area contributed by atoms with E-state index in [9.17, 15) is 4.79 Å². The standard InChI is InChI=1S/C12H22N2O/c1-9-4-3-5-10(9)11(15)14-12(2)6-7-13-8-12/h9-10,13H,3-8H2,1-2H3,(H,14,15). The average molecular weight is 210 g/mol. The van der Waals surface area contributed by atoms with E-state index >= 15 is 0 Å². The van der Waals surface area contributed by atoms with Crippen LogP contribution in [0.25, 0.3) is 0 Å². The highest BCUT2D eigenvalue weighted by Crippen LogP contribution is 2.31. The summed E-state index contributed by atoms with van der Waals surface area (Å²) in [5.41, 5.74) is -0.000602. The van der Waals surface area contributed by atoms with E-state index in [0.717, 1.165) is 25.9 Å². The Morgan fingerprint density at radius 1 is 1.47 bits per heavy atom. The Hall–Kier alpha value is -0.570. The zero-order chi connectivity index (χ0) is 10.9. The third-order valence-corrected chi connectivity index (χ3v) is 3.99. The first-order chi connectivity index (χ1) is 7.11. The second-order valence-corrected chi connectivity index (χ2v) is 5.49. The van der Waals surface area contributed by atoms with E-state index < -0.39 is 0 Å². The van der Waals surface area contributed by atoms with Crippen molar-refractivity contribution in [2.75, 3.05) is 13.1 Å². The number of carbonyl (C=O) groups excluding carboxylic acids is 1. The van der Waals surface area contributed by atoms with Gasteiger partial charge in [-0.05, 0) is 38.6 Å². The molecule has 1 aliphatic carbocycles. The lowest BCUT2D eigenvalue weighted by Gasteiger charge is -2.27. The minimum atomic E-state index is -0.000602. The Bertz CT molecular complexity index is 246. The Labute approximate surface area is 92.0 Å². The van der Waals surface area contributed by atoms with Crippen molar-refractivity contribution in [1.29, 1.82) is 0 Å². The fraction of sp³-hybridized carbons (Fsp3) is 0.917. The third kappa shape index (κ3) is 2.33. The predicted octanol–water partition coefficient (Wildman–Crippen LogP) is 1.29. The van der Waals surface area contributed by atoms with Crippen LogP contribution in [0.4, 0.5) is 0 Å². The van der Waals surface area contributed by atoms with Crippen LogP contribution >= 0.6 is 0 Å². The molecule has 2 fully saturated rings. The molecule has 3 atom stereocenters. The fourth-order valence-electron chi connectivity index (χ4n) is 2.85. The van der Waals surface area contributed by atoms with Crippen LogP contribution in [0.5, 0.6) is 0 Å². The lowest BCUT2D eigenvalue weighted by Crippen LogP contribution is -2.50. The number of nitrogens with one attached hydrogen (secondary N) is 2. The second-order valence-electron chi connectivity index (χ2n) is 5.49. The van der Waals surface area contributed by atoms with Crippen molar-refractivity contribution in [1.82, 2.24) is 10.6 Å². The van der Waals surface area contributed by atoms with Gasteiger partial charge in [0.25, 0.3) is 0 Å². The molecule has 2 aliphatic rings. The Kier molecular flexibility index (Phi) is 3.01. The van der Waals surface area contributed by atoms with Crippen molar-refractivity contribution in [3.05, 3.63) is 0 Å². The summed E-state index contributed by atoms with van der Waals surface area (Å²) in [5, 5.41) is 6.53. The minimum absolute atomic E-state index is 0.000602. The summed E-state index contributed by atoms with van der Waals surface area (Å²) >= 11 is 0. The highest BCUT2D eigenvalue weighted by molar-refractivity contribution is 5.80. The first kappa shape index (κ1) is 10.9. The molecule has 1 amide bonds. The number of hydrogen-bond acceptors (Lipinski definition) is 2. The molecule has 3 heteroatoms. The first-order valence-electron chi connectivity index (χ1n) is 6.13. The van der Waals surface area contributed by atoms with Gasteiger partial charge in [0.2, 0.25) is 5.91 Å². The summed E-state index contributed by atoms with van der Waals surface area (Å²) < 4.78 is 0. The zero-order valence-electron chi connectivity index (χ0n) is 9.81. The van der Waals surface area contributed by atoms with Gasteiger partial charge in [0.15, 0.2) is 0 Å². The number of rotatable bonds is 2. The minimum Gasteiger partial charge on any atom is -0.349 e. The molecule has 1 saturated carbocycles. The van der Waals surface area contributed by atoms with Gasteiger partial charge in [0.05, 0.1) is 5.54 Å². The zero-order valence-corrected chi connectivity index (χ0v) is 9.81. The van der Waals surface area contributed by atoms with Crippen molar-refractivity contribution in [2.45, 2.75) is 45.1 Å². The molecule has 2 rings (SSSR count). The van der Waals surface area contributed by atoms with Gasteiger partial charge in [-0.1, -0.05) is 13.3 Å². The van der Waals surface area contributed by atoms with E-state index in [1.54, 1.807) is 0 Å². The molecule has 0 aromatic carbocycles. The molecule has 2 N–H and O–H groups in total. The van der Waals surface area contributed by atoms with Crippen molar-refractivity contribution in [3.8, 4) is 0 Å². The van der Waals surface area contributed by atoms with Gasteiger partial charge in [-0.25, -0.2) is 0 Å². The molecule has 15 heavy (non-hydrogen) atoms. The maximum Gasteiger partial charge on any atom is 0.223 e. The van der Waals surface area contributed by atoms with Gasteiger partial charge in [-0.3, -0.25) is 4.79 Å². The summed E-state index contributed by atoms with van der Waals surface area (Å²) in [6.45, 7) is 6.29. The Morgan fingerprint density at radius 3 is 2.80 bits per heavy atom. The maximum atomic E-state index is 12.1. The van der Waals surface area contributed by atoms with Gasteiger partial charge in [-0.2, -0.15) is 0 Å². The topological polar surface area (TPSA) is 41.1 Å². The summed E-state index contributed by atoms with van der Waals surface area (Å²) in [6.07, 6.45) is 4.57. The number of amides is 1. The maximum absolute atomic E-state index is 12.1. The van der Waals surface area contributed by atoms with Gasteiger partial charge < -0.3 is 10.6 Å². The fourth-order valence-corrected chi connectivity index (χ4v) is 2.85. The highest BCUT2D eigenvalue weighted by atomic mass is 16.2. The summed E-state index contributed by atoms with van der Waals surface area (Å²) in [4.78, 5) is 12.1. The van der Waals surface area contributed by atoms with Gasteiger partial charge in [0.1, 0.15) is 0 Å². The van der Waals surface area contributed by atoms with Crippen LogP contribution in [-0.4, -0.2) is 24.5 Å². The Balaban J connectivity index is 1.91. The number of carbonyl (C=O) groups is 1. The van der Waals surface area contributed by atoms with Crippen LogP contribution in [0, 0.1) is 11.8 Å². The van der Waals surface area contributed by atoms with Crippen molar-refractivity contribution in [2.24, 2.45) is 11.8 Å². The predicted molar refractivity (Wildman–Crippen MR) is 60.5 cm³/mol. The molecule has 3 unspecified atom stereocenters. The molecular formula is C12H22N2O. The Morgan fingerprint density at radius 2 is 2.27 bits per heavy atom. The molecule has 3 nitrogen and oxygen atoms in total. The third-order valence-electron chi connectivity index (χ3n) is 3.99. The largest absolute Gasteiger partial charge is 0.349 e. The molecule has 0 radical (unpaired) electrons. The molecule has 0 aromatic rings. The molecule has 1 saturated heterocycles. The van der Waals surface area contributed by atoms with Crippen molar-refractivity contribution in [3.63, 3.8) is 0 Å². The van der Waals surface area contributed by atoms with E-state index in [2.05, 4.69) is 24.5 Å². The smallest absolute Gasteiger partial charge is 0.223 e. The number of hydrogen-bond donors (Lipinski definition) is 2. The second kappa shape index (κ2) is 4.12. The summed E-state index contributed by atoms with van der Waals surface area (Å²) in [7, 11) is 0. The van der Waals surface area contributed by atoms with Crippen LogP contribution in [0.2, 0.25) is 0 Å². The lowest BCUT2D eigenvalue weighted by atomic mass is 9.94. The van der Waals surface area contributed by atoms with E-state index in [1.807, 2.05) is 0 Å². The molecule has 0 bridgehead atoms. The van der Waals surface area contributed by atoms with Gasteiger partial charge in [-0.15, -0.1) is 0 Å². The van der Waals surface area contributed by atoms with E-state index in [1.165, 1.54) is 12.8 Å². The molecule has 86 valence electrons. The van der Waals surface area contributed by atoms with Crippen molar-refractivity contribution < 1.29 is 4.79 Å². The summed E-state index contributed by atoms with van der Waals surface area (Å²) in [6, 6.07) is 0. The molecule has 1 heterocycles. The van der Waals surface area contributed by atoms with Crippen LogP contribution in [0.15, 0.2) is 0 Å². The lowest BCUT2D eigenvalue weighted by molar-refractivity contribution is -0.127. The average Bonchev–Trinajstić information content (AvgIpc) is 2.74. The SMILES string of the molecule is CC1CCCC1C(=O)NC1(C)CCNC1. The normalized spacial score (nSPS) is 40.7. The van der Waals surface area contributed by atoms with Gasteiger partial charge in [0, 0.05) is 12.5 Å². The quantitative estimate of drug-likeness (QED) is 0.721. The molecular weight excluding hydrogens is 188 g/mol. The van der Waals surface area contributed by atoms with Crippen LogP contribution < -0.4 is 10.6 Å². The van der Waals surface area contributed by atoms with E-state index in [-0.39, 0.29) is 17.4 Å². The first-order valence-corrected chi connectivity index (χ1v) is 6.13. The van der Waals surface area contributed by atoms with E-state index in [0.29, 0.717) is 5.92 Å². The van der Waals surface area contributed by atoms with Crippen LogP contribution in [0.1, 0.15) is 39.5 Å². The molecule has 0 spiro atoms. The van der Waals surface area contributed by atoms with Crippen molar-refractivity contribution >= 4 is 5.91 Å². The highest BCUT2D eigenvalue weighted by Gasteiger charge is 2.35. The summed E-state index contributed by atoms with van der Waals surface area (Å²) in [5.74, 6) is 1.12. The van der Waals surface area contributed by atoms with E-state index in [4.69, 9.17) is 0 Å². The molecule has 0 aromatic heterocycles. The monoisotopic (exact) mass is 210 g/mol. The van der Waals surface area contributed by atoms with Crippen LogP contribution in [0.3, 0.4) is 0 Å². The van der Waals surface area contributed by atoms with Gasteiger partial charge >= 0.3 is 0 Å². The van der Waals surface area contributed by atoms with Crippen LogP contribution in [-0.2, 0) is 4.79 Å².